The lowest BCUT2D eigenvalue weighted by molar-refractivity contribution is -0.870. The third-order valence-corrected chi connectivity index (χ3v) is 10.3. The minimum atomic E-state index is -6.14. The molecule has 0 radical (unpaired) electrons. The summed E-state index contributed by atoms with van der Waals surface area (Å²) in [7, 11) is -6.14. The molecule has 0 bridgehead atoms. The van der Waals surface area contributed by atoms with E-state index in [9.17, 15) is 19.0 Å². The molecule has 0 aliphatic rings. The first kappa shape index (κ1) is 33.9. The molecule has 10 heteroatoms. The second-order valence-corrected chi connectivity index (χ2v) is 16.2. The van der Waals surface area contributed by atoms with E-state index in [1.807, 2.05) is 0 Å². The summed E-state index contributed by atoms with van der Waals surface area (Å²) in [5.41, 5.74) is 0. The van der Waals surface area contributed by atoms with Gasteiger partial charge in [0.05, 0.1) is 45.4 Å². The van der Waals surface area contributed by atoms with Crippen LogP contribution in [0.25, 0.3) is 0 Å². The predicted octanol–water partition coefficient (Wildman–Crippen LogP) is 12.2. The minimum Gasteiger partial charge on any atom is -0.756 e. The summed E-state index contributed by atoms with van der Waals surface area (Å²) >= 11 is 0. The first-order valence-corrected chi connectivity index (χ1v) is 23.1. The van der Waals surface area contributed by atoms with Crippen LogP contribution in [0.1, 0.15) is 237 Å². The molecule has 0 spiro atoms. The van der Waals surface area contributed by atoms with Gasteiger partial charge in [-0.25, -0.2) is 0 Å². The first-order valence-electron chi connectivity index (χ1n) is 28.1. The van der Waals surface area contributed by atoms with Gasteiger partial charge in [-0.05, 0) is 12.8 Å². The highest BCUT2D eigenvalue weighted by Gasteiger charge is 2.21. The molecule has 0 aromatic rings. The Labute approximate surface area is 352 Å². The minimum absolute atomic E-state index is 0.0355. The lowest BCUT2D eigenvalue weighted by Gasteiger charge is -2.28. The zero-order valence-electron chi connectivity index (χ0n) is 47.3. The number of hydrogen-bond donors (Lipinski definition) is 0. The predicted molar refractivity (Wildman–Crippen MR) is 222 cm³/mol. The summed E-state index contributed by atoms with van der Waals surface area (Å²) in [5, 5.41) is 0. The summed E-state index contributed by atoms with van der Waals surface area (Å²) in [6.07, 6.45) is 32.3. The van der Waals surface area contributed by atoms with Crippen molar-refractivity contribution in [2.75, 3.05) is 47.2 Å². The number of likely N-dealkylation sites (N-methyl/N-ethyl adjacent to an activating group) is 1. The molecule has 2 unspecified atom stereocenters. The largest absolute Gasteiger partial charge is 0.756 e. The number of quaternary nitrogens is 1. The number of unbranched alkanes of at least 4 members (excludes halogenated alkanes) is 28. The van der Waals surface area contributed by atoms with Crippen molar-refractivity contribution in [1.82, 2.24) is 0 Å². The number of hydrogen-bond acceptors (Lipinski definition) is 8. The topological polar surface area (TPSA) is 111 Å². The Hall–Kier alpha value is -0.990. The number of carbonyl (C=O) groups excluding carboxylic acids is 2. The van der Waals surface area contributed by atoms with E-state index < -0.39 is 77.5 Å². The van der Waals surface area contributed by atoms with E-state index in [2.05, 4.69) is 18.4 Å². The van der Waals surface area contributed by atoms with Crippen molar-refractivity contribution in [3.05, 3.63) is 0 Å². The molecule has 9 nitrogen and oxygen atoms in total. The van der Waals surface area contributed by atoms with Gasteiger partial charge in [0, 0.05) is 12.8 Å². The van der Waals surface area contributed by atoms with Gasteiger partial charge in [0.15, 0.2) is 6.10 Å². The second-order valence-electron chi connectivity index (χ2n) is 14.9. The van der Waals surface area contributed by atoms with Crippen molar-refractivity contribution in [3.8, 4) is 0 Å². The van der Waals surface area contributed by atoms with Crippen molar-refractivity contribution >= 4 is 19.8 Å². The summed E-state index contributed by atoms with van der Waals surface area (Å²) in [6.45, 7) is -19.4. The van der Waals surface area contributed by atoms with Crippen molar-refractivity contribution < 1.29 is 59.9 Å². The fourth-order valence-corrected chi connectivity index (χ4v) is 6.80. The fraction of sp³-hybridized carbons (Fsp3) is 0.955. The van der Waals surface area contributed by atoms with Crippen LogP contribution in [0.3, 0.4) is 0 Å². The van der Waals surface area contributed by atoms with Gasteiger partial charge in [0.1, 0.15) is 19.7 Å². The quantitative estimate of drug-likeness (QED) is 0.0260. The van der Waals surface area contributed by atoms with Gasteiger partial charge in [-0.2, -0.15) is 0 Å². The van der Waals surface area contributed by atoms with Crippen LogP contribution < -0.4 is 4.89 Å². The Morgan fingerprint density at radius 2 is 0.907 bits per heavy atom. The number of phosphoric acid groups is 1. The van der Waals surface area contributed by atoms with Crippen LogP contribution in [0, 0.1) is 0 Å². The van der Waals surface area contributed by atoms with Gasteiger partial charge in [-0.15, -0.1) is 0 Å². The van der Waals surface area contributed by atoms with E-state index in [1.54, 1.807) is 0 Å². The number of esters is 2. The van der Waals surface area contributed by atoms with E-state index in [4.69, 9.17) is 31.8 Å². The summed E-state index contributed by atoms with van der Waals surface area (Å²) in [4.78, 5) is 38.5. The highest BCUT2D eigenvalue weighted by Crippen LogP contribution is 2.38. The molecule has 0 aliphatic carbocycles. The molecular formula is C44H88NO8P. The number of carbonyl (C=O) groups is 2. The van der Waals surface area contributed by atoms with Gasteiger partial charge in [-0.1, -0.05) is 194 Å². The van der Waals surface area contributed by atoms with E-state index in [0.717, 1.165) is 57.8 Å². The number of rotatable bonds is 42. The zero-order chi connectivity index (χ0) is 51.1. The molecule has 0 amide bonds. The van der Waals surface area contributed by atoms with Gasteiger partial charge >= 0.3 is 11.9 Å². The average molecular weight is 803 g/mol. The van der Waals surface area contributed by atoms with Crippen LogP contribution in [0.5, 0.6) is 0 Å². The number of nitrogens with zero attached hydrogens (tertiary/aromatic N) is 1. The molecule has 0 aliphatic heterocycles. The van der Waals surface area contributed by atoms with Crippen LogP contribution in [-0.2, 0) is 32.7 Å². The summed E-state index contributed by atoms with van der Waals surface area (Å²) in [6, 6.07) is 0. The fourth-order valence-electron chi connectivity index (χ4n) is 6.25. The molecule has 54 heavy (non-hydrogen) atoms. The van der Waals surface area contributed by atoms with Crippen LogP contribution >= 0.6 is 7.82 Å². The molecule has 0 saturated carbocycles. The van der Waals surface area contributed by atoms with Gasteiger partial charge < -0.3 is 27.9 Å². The van der Waals surface area contributed by atoms with Crippen molar-refractivity contribution in [3.63, 3.8) is 0 Å². The average Bonchev–Trinajstić information content (AvgIpc) is 3.19. The maximum Gasteiger partial charge on any atom is 0.306 e. The lowest BCUT2D eigenvalue weighted by Crippen LogP contribution is -2.37. The Kier molecular flexibility index (Phi) is 23.6. The highest BCUT2D eigenvalue weighted by molar-refractivity contribution is 7.45. The molecule has 0 rings (SSSR count). The van der Waals surface area contributed by atoms with Crippen LogP contribution in [0.2, 0.25) is 0 Å². The monoisotopic (exact) mass is 803 g/mol. The van der Waals surface area contributed by atoms with E-state index in [1.165, 1.54) is 122 Å². The standard InChI is InChI=1S/C44H88NO8P/c1-6-8-10-12-14-16-18-20-22-24-26-28-30-32-34-36-43(46)50-40-42(41-52-54(48,49)51-39-38-45(3,4)5)53-44(47)37-35-33-31-29-27-25-23-21-19-17-15-13-11-9-7-2/h42H,6-41H2,1-5H3/i3D3,4D3,5D3,38D2,39D2. The molecule has 0 heterocycles. The molecule has 0 aromatic heterocycles. The third-order valence-electron chi connectivity index (χ3n) is 9.49. The van der Waals surface area contributed by atoms with E-state index in [0.29, 0.717) is 12.8 Å². The Morgan fingerprint density at radius 3 is 1.28 bits per heavy atom. The Bertz CT molecular complexity index is 1320. The SMILES string of the molecule is [2H]C([2H])(OP(=O)([O-])OCC(COC(=O)CCCCCCCCCCCCCCCCC)OC(=O)CCCCCCCCCCCCCCCCC)C([2H])([2H])[N+](C([2H])([2H])[2H])(C([2H])([2H])[2H])C([2H])([2H])[2H]. The van der Waals surface area contributed by atoms with Crippen molar-refractivity contribution in [2.24, 2.45) is 0 Å². The van der Waals surface area contributed by atoms with E-state index >= 15 is 0 Å². The zero-order valence-corrected chi connectivity index (χ0v) is 35.2. The van der Waals surface area contributed by atoms with Crippen LogP contribution in [0.15, 0.2) is 0 Å². The smallest absolute Gasteiger partial charge is 0.306 e. The maximum absolute atomic E-state index is 13.0. The molecular weight excluding hydrogens is 701 g/mol. The normalized spacial score (nSPS) is 18.3. The molecule has 0 aromatic carbocycles. The summed E-state index contributed by atoms with van der Waals surface area (Å²) in [5.74, 6) is -1.43. The highest BCUT2D eigenvalue weighted by atomic mass is 31.2. The van der Waals surface area contributed by atoms with Crippen molar-refractivity contribution in [2.45, 2.75) is 225 Å². The lowest BCUT2D eigenvalue weighted by atomic mass is 10.0. The van der Waals surface area contributed by atoms with Crippen LogP contribution in [0.4, 0.5) is 0 Å². The van der Waals surface area contributed by atoms with Gasteiger partial charge in [0.2, 0.25) is 0 Å². The number of ether oxygens (including phenoxy) is 2. The Balaban J connectivity index is 5.33. The molecule has 322 valence electrons. The van der Waals surface area contributed by atoms with Crippen molar-refractivity contribution in [1.29, 1.82) is 0 Å². The third kappa shape index (κ3) is 40.7. The first-order chi connectivity index (χ1) is 31.2. The molecule has 0 saturated heterocycles. The second kappa shape index (κ2) is 37.6. The molecule has 0 N–H and O–H groups in total. The van der Waals surface area contributed by atoms with E-state index in [-0.39, 0.29) is 12.8 Å². The van der Waals surface area contributed by atoms with Gasteiger partial charge in [-0.3, -0.25) is 14.2 Å². The van der Waals surface area contributed by atoms with Gasteiger partial charge in [0.25, 0.3) is 7.82 Å². The molecule has 0 fully saturated rings. The molecule has 2 atom stereocenters. The Morgan fingerprint density at radius 1 is 0.556 bits per heavy atom. The number of phosphoric ester groups is 1. The van der Waals surface area contributed by atoms with Crippen LogP contribution in [-0.4, -0.2) is 69.7 Å². The summed E-state index contributed by atoms with van der Waals surface area (Å²) < 4.78 is 131. The maximum atomic E-state index is 13.0.